The summed E-state index contributed by atoms with van der Waals surface area (Å²) >= 11 is 0. The minimum Gasteiger partial charge on any atom is -0.484 e. The molecule has 0 aliphatic carbocycles. The number of anilines is 1. The molecule has 1 heterocycles. The van der Waals surface area contributed by atoms with E-state index < -0.39 is 0 Å². The number of fused-ring (bicyclic) bond motifs is 1. The lowest BCUT2D eigenvalue weighted by molar-refractivity contribution is -0.122. The summed E-state index contributed by atoms with van der Waals surface area (Å²) in [6.07, 6.45) is 0. The normalized spacial score (nSPS) is 10.4. The fourth-order valence-electron chi connectivity index (χ4n) is 2.36. The Morgan fingerprint density at radius 2 is 1.88 bits per heavy atom. The number of likely N-dealkylation sites (N-methyl/N-ethyl adjacent to an activating group) is 1. The van der Waals surface area contributed by atoms with Gasteiger partial charge in [0.1, 0.15) is 5.75 Å². The summed E-state index contributed by atoms with van der Waals surface area (Å²) < 4.78 is 5.37. The number of H-pyrrole nitrogens is 1. The van der Waals surface area contributed by atoms with Gasteiger partial charge in [-0.3, -0.25) is 14.7 Å². The Labute approximate surface area is 144 Å². The number of hydrogen-bond acceptors (Lipinski definition) is 4. The first kappa shape index (κ1) is 16.5. The van der Waals surface area contributed by atoms with E-state index in [4.69, 9.17) is 4.74 Å². The van der Waals surface area contributed by atoms with E-state index in [9.17, 15) is 9.59 Å². The summed E-state index contributed by atoms with van der Waals surface area (Å²) in [5.41, 5.74) is 1.76. The predicted octanol–water partition coefficient (Wildman–Crippen LogP) is 2.33. The molecule has 0 aliphatic heterocycles. The zero-order valence-electron chi connectivity index (χ0n) is 13.7. The number of hydrogen-bond donors (Lipinski definition) is 3. The molecule has 128 valence electrons. The molecule has 0 spiro atoms. The molecular formula is C18H18N4O3. The van der Waals surface area contributed by atoms with Gasteiger partial charge < -0.3 is 15.4 Å². The third-order valence-electron chi connectivity index (χ3n) is 3.54. The fraction of sp³-hybridized carbons (Fsp3) is 0.167. The van der Waals surface area contributed by atoms with Gasteiger partial charge in [-0.05, 0) is 37.3 Å². The first-order valence-electron chi connectivity index (χ1n) is 7.91. The molecule has 7 nitrogen and oxygen atoms in total. The second kappa shape index (κ2) is 7.48. The van der Waals surface area contributed by atoms with Crippen molar-refractivity contribution in [3.05, 3.63) is 54.2 Å². The molecule has 0 bridgehead atoms. The molecule has 0 unspecified atom stereocenters. The van der Waals surface area contributed by atoms with Gasteiger partial charge in [0.2, 0.25) is 0 Å². The van der Waals surface area contributed by atoms with Gasteiger partial charge in [-0.25, -0.2) is 0 Å². The van der Waals surface area contributed by atoms with E-state index >= 15 is 0 Å². The second-order valence-electron chi connectivity index (χ2n) is 5.34. The van der Waals surface area contributed by atoms with Gasteiger partial charge >= 0.3 is 0 Å². The quantitative estimate of drug-likeness (QED) is 0.643. The van der Waals surface area contributed by atoms with Gasteiger partial charge in [0.05, 0.1) is 5.52 Å². The fourth-order valence-corrected chi connectivity index (χ4v) is 2.36. The molecule has 1 aromatic heterocycles. The zero-order chi connectivity index (χ0) is 17.6. The van der Waals surface area contributed by atoms with Crippen molar-refractivity contribution in [1.82, 2.24) is 15.5 Å². The number of carbonyl (C=O) groups excluding carboxylic acids is 2. The van der Waals surface area contributed by atoms with E-state index in [1.165, 1.54) is 0 Å². The van der Waals surface area contributed by atoms with Crippen molar-refractivity contribution in [2.24, 2.45) is 0 Å². The summed E-state index contributed by atoms with van der Waals surface area (Å²) in [5, 5.41) is 13.1. The van der Waals surface area contributed by atoms with Crippen molar-refractivity contribution in [1.29, 1.82) is 0 Å². The lowest BCUT2D eigenvalue weighted by Gasteiger charge is -2.08. The molecule has 0 atom stereocenters. The zero-order valence-corrected chi connectivity index (χ0v) is 13.7. The summed E-state index contributed by atoms with van der Waals surface area (Å²) in [5.74, 6) is 0.0770. The van der Waals surface area contributed by atoms with Crippen LogP contribution in [0.2, 0.25) is 0 Å². The lowest BCUT2D eigenvalue weighted by Crippen LogP contribution is -2.28. The number of para-hydroxylation sites is 1. The maximum absolute atomic E-state index is 12.4. The highest BCUT2D eigenvalue weighted by molar-refractivity contribution is 6.11. The Kier molecular flexibility index (Phi) is 4.94. The molecule has 0 saturated heterocycles. The third-order valence-corrected chi connectivity index (χ3v) is 3.54. The molecule has 0 aliphatic rings. The van der Waals surface area contributed by atoms with Crippen molar-refractivity contribution < 1.29 is 14.3 Å². The Morgan fingerprint density at radius 1 is 1.12 bits per heavy atom. The Bertz CT molecular complexity index is 887. The van der Waals surface area contributed by atoms with E-state index in [1.54, 1.807) is 24.3 Å². The van der Waals surface area contributed by atoms with Crippen LogP contribution in [-0.2, 0) is 4.79 Å². The van der Waals surface area contributed by atoms with Crippen molar-refractivity contribution in [3.63, 3.8) is 0 Å². The van der Waals surface area contributed by atoms with Gasteiger partial charge in [-0.1, -0.05) is 18.2 Å². The largest absolute Gasteiger partial charge is 0.484 e. The molecule has 7 heteroatoms. The van der Waals surface area contributed by atoms with Gasteiger partial charge in [0, 0.05) is 17.6 Å². The summed E-state index contributed by atoms with van der Waals surface area (Å²) in [6, 6.07) is 14.2. The third kappa shape index (κ3) is 3.95. The van der Waals surface area contributed by atoms with Gasteiger partial charge in [0.25, 0.3) is 11.8 Å². The van der Waals surface area contributed by atoms with Gasteiger partial charge in [0.15, 0.2) is 12.3 Å². The van der Waals surface area contributed by atoms with Crippen molar-refractivity contribution >= 4 is 28.4 Å². The lowest BCUT2D eigenvalue weighted by atomic mass is 10.2. The van der Waals surface area contributed by atoms with Crippen molar-refractivity contribution in [3.8, 4) is 5.75 Å². The monoisotopic (exact) mass is 338 g/mol. The van der Waals surface area contributed by atoms with E-state index in [1.807, 2.05) is 31.2 Å². The Hall–Kier alpha value is -3.35. The van der Waals surface area contributed by atoms with E-state index in [0.29, 0.717) is 23.7 Å². The molecule has 3 rings (SSSR count). The minimum absolute atomic E-state index is 0.0429. The molecule has 3 aromatic rings. The number of benzene rings is 2. The van der Waals surface area contributed by atoms with Crippen LogP contribution in [0, 0.1) is 0 Å². The number of aromatic nitrogens is 2. The standard InChI is InChI=1S/C18H18N4O3/c1-2-19-16(23)11-25-13-9-7-12(8-10-13)20-18(24)17-14-5-3-4-6-15(14)21-22-17/h3-10H,2,11H2,1H3,(H,19,23)(H,20,24)(H,21,22). The number of rotatable bonds is 6. The Balaban J connectivity index is 1.63. The summed E-state index contributed by atoms with van der Waals surface area (Å²) in [7, 11) is 0. The van der Waals surface area contributed by atoms with Crippen LogP contribution in [0.15, 0.2) is 48.5 Å². The highest BCUT2D eigenvalue weighted by atomic mass is 16.5. The van der Waals surface area contributed by atoms with Crippen LogP contribution >= 0.6 is 0 Å². The molecule has 0 fully saturated rings. The number of ether oxygens (including phenoxy) is 1. The molecule has 0 radical (unpaired) electrons. The van der Waals surface area contributed by atoms with Gasteiger partial charge in [-0.15, -0.1) is 0 Å². The van der Waals surface area contributed by atoms with E-state index in [0.717, 1.165) is 10.9 Å². The van der Waals surface area contributed by atoms with E-state index in [2.05, 4.69) is 20.8 Å². The Morgan fingerprint density at radius 3 is 2.64 bits per heavy atom. The maximum Gasteiger partial charge on any atom is 0.276 e. The van der Waals surface area contributed by atoms with Crippen LogP contribution in [0.4, 0.5) is 5.69 Å². The average molecular weight is 338 g/mol. The van der Waals surface area contributed by atoms with Crippen LogP contribution in [-0.4, -0.2) is 35.2 Å². The summed E-state index contributed by atoms with van der Waals surface area (Å²) in [4.78, 5) is 23.7. The molecule has 2 amide bonds. The predicted molar refractivity (Wildman–Crippen MR) is 94.7 cm³/mol. The minimum atomic E-state index is -0.298. The molecule has 25 heavy (non-hydrogen) atoms. The summed E-state index contributed by atoms with van der Waals surface area (Å²) in [6.45, 7) is 2.37. The maximum atomic E-state index is 12.4. The van der Waals surface area contributed by atoms with E-state index in [-0.39, 0.29) is 18.4 Å². The van der Waals surface area contributed by atoms with Crippen LogP contribution < -0.4 is 15.4 Å². The molecular weight excluding hydrogens is 320 g/mol. The van der Waals surface area contributed by atoms with Crippen LogP contribution in [0.1, 0.15) is 17.4 Å². The molecule has 0 saturated carbocycles. The van der Waals surface area contributed by atoms with Crippen molar-refractivity contribution in [2.45, 2.75) is 6.92 Å². The molecule has 2 aromatic carbocycles. The van der Waals surface area contributed by atoms with Crippen LogP contribution in [0.25, 0.3) is 10.9 Å². The second-order valence-corrected chi connectivity index (χ2v) is 5.34. The van der Waals surface area contributed by atoms with Crippen LogP contribution in [0.3, 0.4) is 0 Å². The SMILES string of the molecule is CCNC(=O)COc1ccc(NC(=O)c2n[nH]c3ccccc23)cc1. The van der Waals surface area contributed by atoms with Crippen molar-refractivity contribution in [2.75, 3.05) is 18.5 Å². The number of aromatic amines is 1. The highest BCUT2D eigenvalue weighted by Crippen LogP contribution is 2.19. The number of amides is 2. The number of nitrogens with one attached hydrogen (secondary N) is 3. The highest BCUT2D eigenvalue weighted by Gasteiger charge is 2.13. The number of carbonyl (C=O) groups is 2. The smallest absolute Gasteiger partial charge is 0.276 e. The van der Waals surface area contributed by atoms with Crippen LogP contribution in [0.5, 0.6) is 5.75 Å². The first-order valence-corrected chi connectivity index (χ1v) is 7.91. The molecule has 3 N–H and O–H groups in total. The number of nitrogens with zero attached hydrogens (tertiary/aromatic N) is 1. The topological polar surface area (TPSA) is 96.1 Å². The van der Waals surface area contributed by atoms with Gasteiger partial charge in [-0.2, -0.15) is 5.10 Å². The first-order chi connectivity index (χ1) is 12.2. The average Bonchev–Trinajstić information content (AvgIpc) is 3.05.